The number of anilines is 1. The number of methoxy groups -OCH3 is 1. The minimum Gasteiger partial charge on any atom is -0.497 e. The number of nitrogens with one attached hydrogen (secondary N) is 1. The maximum absolute atomic E-state index is 12.6. The molecule has 4 heteroatoms. The molecule has 1 aliphatic heterocycles. The minimum atomic E-state index is -0.0480. The standard InChI is InChI=1S/C16H15NO3/c1-19-12-7-5-11(6-8-12)15(18)13-3-2-4-14-16(13)20-10-9-17-14/h2-8,17H,9-10H2,1H3. The van der Waals surface area contributed by atoms with E-state index >= 15 is 0 Å². The third-order valence-electron chi connectivity index (χ3n) is 3.28. The third-order valence-corrected chi connectivity index (χ3v) is 3.28. The van der Waals surface area contributed by atoms with Crippen molar-refractivity contribution in [2.24, 2.45) is 0 Å². The average molecular weight is 269 g/mol. The van der Waals surface area contributed by atoms with E-state index in [1.165, 1.54) is 0 Å². The molecular weight excluding hydrogens is 254 g/mol. The topological polar surface area (TPSA) is 47.6 Å². The van der Waals surface area contributed by atoms with Crippen LogP contribution in [0.2, 0.25) is 0 Å². The number of ketones is 1. The van der Waals surface area contributed by atoms with Gasteiger partial charge in [-0.2, -0.15) is 0 Å². The van der Waals surface area contributed by atoms with E-state index in [0.29, 0.717) is 23.5 Å². The predicted octanol–water partition coefficient (Wildman–Crippen LogP) is 2.73. The Morgan fingerprint density at radius 2 is 2.00 bits per heavy atom. The average Bonchev–Trinajstić information content (AvgIpc) is 2.54. The SMILES string of the molecule is COc1ccc(C(=O)c2cccc3c2OCCN3)cc1. The van der Waals surface area contributed by atoms with Gasteiger partial charge >= 0.3 is 0 Å². The molecule has 0 bridgehead atoms. The maximum atomic E-state index is 12.6. The third kappa shape index (κ3) is 2.20. The molecule has 1 heterocycles. The Kier molecular flexibility index (Phi) is 3.29. The number of benzene rings is 2. The van der Waals surface area contributed by atoms with Crippen LogP contribution in [0.15, 0.2) is 42.5 Å². The van der Waals surface area contributed by atoms with Gasteiger partial charge in [0, 0.05) is 12.1 Å². The zero-order valence-electron chi connectivity index (χ0n) is 11.2. The fourth-order valence-electron chi connectivity index (χ4n) is 2.25. The lowest BCUT2D eigenvalue weighted by Gasteiger charge is -2.21. The summed E-state index contributed by atoms with van der Waals surface area (Å²) in [6, 6.07) is 12.6. The van der Waals surface area contributed by atoms with Crippen LogP contribution >= 0.6 is 0 Å². The number of ether oxygens (including phenoxy) is 2. The molecule has 0 spiro atoms. The summed E-state index contributed by atoms with van der Waals surface area (Å²) in [6.45, 7) is 1.33. The number of fused-ring (bicyclic) bond motifs is 1. The Labute approximate surface area is 117 Å². The van der Waals surface area contributed by atoms with Crippen LogP contribution in [0.25, 0.3) is 0 Å². The van der Waals surface area contributed by atoms with E-state index in [4.69, 9.17) is 9.47 Å². The highest BCUT2D eigenvalue weighted by atomic mass is 16.5. The van der Waals surface area contributed by atoms with E-state index in [1.807, 2.05) is 12.1 Å². The van der Waals surface area contributed by atoms with Crippen LogP contribution in [0.4, 0.5) is 5.69 Å². The summed E-state index contributed by atoms with van der Waals surface area (Å²) in [5.74, 6) is 1.32. The smallest absolute Gasteiger partial charge is 0.196 e. The molecule has 0 radical (unpaired) electrons. The molecule has 0 fully saturated rings. The molecule has 0 saturated heterocycles. The first-order chi connectivity index (χ1) is 9.79. The number of hydrogen-bond donors (Lipinski definition) is 1. The van der Waals surface area contributed by atoms with Crippen molar-refractivity contribution in [1.29, 1.82) is 0 Å². The van der Waals surface area contributed by atoms with Crippen molar-refractivity contribution < 1.29 is 14.3 Å². The number of para-hydroxylation sites is 1. The largest absolute Gasteiger partial charge is 0.497 e. The lowest BCUT2D eigenvalue weighted by molar-refractivity contribution is 0.103. The summed E-state index contributed by atoms with van der Waals surface area (Å²) in [5, 5.41) is 3.23. The second-order valence-corrected chi connectivity index (χ2v) is 4.52. The van der Waals surface area contributed by atoms with Gasteiger partial charge in [-0.1, -0.05) is 6.07 Å². The first-order valence-electron chi connectivity index (χ1n) is 6.48. The normalized spacial score (nSPS) is 12.8. The predicted molar refractivity (Wildman–Crippen MR) is 76.9 cm³/mol. The quantitative estimate of drug-likeness (QED) is 0.870. The lowest BCUT2D eigenvalue weighted by Crippen LogP contribution is -2.20. The van der Waals surface area contributed by atoms with E-state index in [2.05, 4.69) is 5.32 Å². The maximum Gasteiger partial charge on any atom is 0.196 e. The van der Waals surface area contributed by atoms with Crippen LogP contribution in [-0.4, -0.2) is 26.0 Å². The van der Waals surface area contributed by atoms with E-state index in [-0.39, 0.29) is 5.78 Å². The molecule has 0 aliphatic carbocycles. The monoisotopic (exact) mass is 269 g/mol. The van der Waals surface area contributed by atoms with Gasteiger partial charge in [0.05, 0.1) is 18.4 Å². The van der Waals surface area contributed by atoms with Gasteiger partial charge in [0.1, 0.15) is 12.4 Å². The zero-order valence-corrected chi connectivity index (χ0v) is 11.2. The second kappa shape index (κ2) is 5.25. The zero-order chi connectivity index (χ0) is 13.9. The van der Waals surface area contributed by atoms with Gasteiger partial charge < -0.3 is 14.8 Å². The highest BCUT2D eigenvalue weighted by molar-refractivity contribution is 6.11. The van der Waals surface area contributed by atoms with Gasteiger partial charge in [0.25, 0.3) is 0 Å². The number of carbonyl (C=O) groups is 1. The van der Waals surface area contributed by atoms with E-state index in [9.17, 15) is 4.79 Å². The van der Waals surface area contributed by atoms with Crippen molar-refractivity contribution in [3.8, 4) is 11.5 Å². The van der Waals surface area contributed by atoms with E-state index < -0.39 is 0 Å². The molecule has 0 atom stereocenters. The van der Waals surface area contributed by atoms with Gasteiger partial charge in [-0.05, 0) is 36.4 Å². The first kappa shape index (κ1) is 12.5. The van der Waals surface area contributed by atoms with Crippen LogP contribution in [0, 0.1) is 0 Å². The first-order valence-corrected chi connectivity index (χ1v) is 6.48. The Morgan fingerprint density at radius 1 is 1.20 bits per heavy atom. The fourth-order valence-corrected chi connectivity index (χ4v) is 2.25. The molecular formula is C16H15NO3. The molecule has 1 aliphatic rings. The molecule has 20 heavy (non-hydrogen) atoms. The highest BCUT2D eigenvalue weighted by Gasteiger charge is 2.19. The Bertz CT molecular complexity index is 635. The summed E-state index contributed by atoms with van der Waals surface area (Å²) in [5.41, 5.74) is 2.07. The molecule has 3 rings (SSSR count). The summed E-state index contributed by atoms with van der Waals surface area (Å²) >= 11 is 0. The van der Waals surface area contributed by atoms with Gasteiger partial charge in [0.15, 0.2) is 11.5 Å². The molecule has 2 aromatic carbocycles. The second-order valence-electron chi connectivity index (χ2n) is 4.52. The summed E-state index contributed by atoms with van der Waals surface area (Å²) < 4.78 is 10.7. The van der Waals surface area contributed by atoms with Gasteiger partial charge in [0.2, 0.25) is 0 Å². The molecule has 0 saturated carbocycles. The molecule has 0 amide bonds. The van der Waals surface area contributed by atoms with Crippen LogP contribution in [-0.2, 0) is 0 Å². The number of carbonyl (C=O) groups excluding carboxylic acids is 1. The summed E-state index contributed by atoms with van der Waals surface area (Å²) in [4.78, 5) is 12.6. The van der Waals surface area contributed by atoms with Crippen LogP contribution < -0.4 is 14.8 Å². The van der Waals surface area contributed by atoms with Crippen molar-refractivity contribution in [2.45, 2.75) is 0 Å². The van der Waals surface area contributed by atoms with Crippen molar-refractivity contribution >= 4 is 11.5 Å². The van der Waals surface area contributed by atoms with Crippen LogP contribution in [0.5, 0.6) is 11.5 Å². The minimum absolute atomic E-state index is 0.0480. The molecule has 0 aromatic heterocycles. The van der Waals surface area contributed by atoms with Crippen molar-refractivity contribution in [3.05, 3.63) is 53.6 Å². The lowest BCUT2D eigenvalue weighted by atomic mass is 10.0. The molecule has 1 N–H and O–H groups in total. The van der Waals surface area contributed by atoms with E-state index in [0.717, 1.165) is 18.0 Å². The number of rotatable bonds is 3. The van der Waals surface area contributed by atoms with Crippen molar-refractivity contribution in [3.63, 3.8) is 0 Å². The Hall–Kier alpha value is -2.49. The van der Waals surface area contributed by atoms with Crippen molar-refractivity contribution in [2.75, 3.05) is 25.6 Å². The van der Waals surface area contributed by atoms with Gasteiger partial charge in [-0.15, -0.1) is 0 Å². The van der Waals surface area contributed by atoms with Gasteiger partial charge in [-0.3, -0.25) is 4.79 Å². The van der Waals surface area contributed by atoms with Crippen molar-refractivity contribution in [1.82, 2.24) is 0 Å². The summed E-state index contributed by atoms with van der Waals surface area (Å²) in [6.07, 6.45) is 0. The molecule has 102 valence electrons. The molecule has 2 aromatic rings. The molecule has 0 unspecified atom stereocenters. The van der Waals surface area contributed by atoms with Crippen LogP contribution in [0.1, 0.15) is 15.9 Å². The molecule has 4 nitrogen and oxygen atoms in total. The van der Waals surface area contributed by atoms with Gasteiger partial charge in [-0.25, -0.2) is 0 Å². The Morgan fingerprint density at radius 3 is 2.75 bits per heavy atom. The van der Waals surface area contributed by atoms with Crippen LogP contribution in [0.3, 0.4) is 0 Å². The highest BCUT2D eigenvalue weighted by Crippen LogP contribution is 2.32. The summed E-state index contributed by atoms with van der Waals surface area (Å²) in [7, 11) is 1.60. The number of hydrogen-bond acceptors (Lipinski definition) is 4. The van der Waals surface area contributed by atoms with E-state index in [1.54, 1.807) is 37.4 Å². The Balaban J connectivity index is 1.97. The fraction of sp³-hybridized carbons (Fsp3) is 0.188.